The number of carbonyl (C=O) groups excluding carboxylic acids is 1. The fourth-order valence-electron chi connectivity index (χ4n) is 3.30. The number of aldehydes is 1. The van der Waals surface area contributed by atoms with Crippen LogP contribution < -0.4 is 0 Å². The summed E-state index contributed by atoms with van der Waals surface area (Å²) in [7, 11) is 0. The summed E-state index contributed by atoms with van der Waals surface area (Å²) in [6.45, 7) is 3.83. The van der Waals surface area contributed by atoms with E-state index in [1.807, 2.05) is 0 Å². The summed E-state index contributed by atoms with van der Waals surface area (Å²) in [5.74, 6) is 2.52. The summed E-state index contributed by atoms with van der Waals surface area (Å²) in [6.07, 6.45) is 8.83. The number of allylic oxidation sites excluding steroid dienone is 2. The maximum atomic E-state index is 10.1. The molecule has 2 aliphatic rings. The predicted molar refractivity (Wildman–Crippen MR) is 64.2 cm³/mol. The van der Waals surface area contributed by atoms with Gasteiger partial charge in [0.1, 0.15) is 6.29 Å². The Hall–Kier alpha value is -0.630. The van der Waals surface area contributed by atoms with Crippen LogP contribution in [0.3, 0.4) is 0 Å². The van der Waals surface area contributed by atoms with Crippen molar-refractivity contribution in [3.63, 3.8) is 0 Å². The second-order valence-electron chi connectivity index (χ2n) is 5.14. The first kappa shape index (κ1) is 11.8. The van der Waals surface area contributed by atoms with Crippen LogP contribution in [0.5, 0.6) is 0 Å². The van der Waals surface area contributed by atoms with Crippen molar-refractivity contribution in [1.82, 2.24) is 0 Å². The molecule has 90 valence electrons. The molecule has 0 saturated heterocycles. The van der Waals surface area contributed by atoms with Gasteiger partial charge in [0.25, 0.3) is 0 Å². The largest absolute Gasteiger partial charge is 0.381 e. The molecule has 3 unspecified atom stereocenters. The third-order valence-corrected chi connectivity index (χ3v) is 4.18. The van der Waals surface area contributed by atoms with Crippen molar-refractivity contribution in [2.45, 2.75) is 39.0 Å². The number of hydrogen-bond donors (Lipinski definition) is 0. The van der Waals surface area contributed by atoms with Gasteiger partial charge in [-0.05, 0) is 50.4 Å². The van der Waals surface area contributed by atoms with Gasteiger partial charge in [0.15, 0.2) is 0 Å². The highest BCUT2D eigenvalue weighted by atomic mass is 16.5. The summed E-state index contributed by atoms with van der Waals surface area (Å²) in [5, 5.41) is 0. The number of rotatable bonds is 6. The molecule has 0 heterocycles. The lowest BCUT2D eigenvalue weighted by Crippen LogP contribution is -2.18. The molecule has 2 fully saturated rings. The van der Waals surface area contributed by atoms with Crippen LogP contribution in [0.4, 0.5) is 0 Å². The Balaban J connectivity index is 1.65. The number of hydrogen-bond acceptors (Lipinski definition) is 2. The highest BCUT2D eigenvalue weighted by Crippen LogP contribution is 2.51. The van der Waals surface area contributed by atoms with Gasteiger partial charge in [0.05, 0.1) is 0 Å². The van der Waals surface area contributed by atoms with E-state index in [1.54, 1.807) is 5.57 Å². The highest BCUT2D eigenvalue weighted by molar-refractivity contribution is 5.48. The lowest BCUT2D eigenvalue weighted by atomic mass is 9.86. The third kappa shape index (κ3) is 2.54. The number of carbonyl (C=O) groups is 1. The van der Waals surface area contributed by atoms with Crippen LogP contribution in [-0.4, -0.2) is 19.5 Å². The van der Waals surface area contributed by atoms with Crippen LogP contribution in [0.1, 0.15) is 39.0 Å². The molecule has 2 saturated carbocycles. The van der Waals surface area contributed by atoms with Crippen molar-refractivity contribution in [3.05, 3.63) is 11.6 Å². The van der Waals surface area contributed by atoms with Crippen LogP contribution in [0.15, 0.2) is 11.6 Å². The van der Waals surface area contributed by atoms with Crippen molar-refractivity contribution in [1.29, 1.82) is 0 Å². The minimum Gasteiger partial charge on any atom is -0.381 e. The van der Waals surface area contributed by atoms with Crippen molar-refractivity contribution >= 4 is 6.29 Å². The number of unbranched alkanes of at least 4 members (excludes halogenated alkanes) is 1. The molecule has 0 amide bonds. The quantitative estimate of drug-likeness (QED) is 0.392. The molecule has 2 aliphatic carbocycles. The zero-order valence-corrected chi connectivity index (χ0v) is 10.2. The summed E-state index contributed by atoms with van der Waals surface area (Å²) < 4.78 is 5.66. The molecule has 16 heavy (non-hydrogen) atoms. The molecule has 2 rings (SSSR count). The molecule has 0 aromatic rings. The summed E-state index contributed by atoms with van der Waals surface area (Å²) in [4.78, 5) is 10.1. The van der Waals surface area contributed by atoms with E-state index in [1.165, 1.54) is 19.3 Å². The van der Waals surface area contributed by atoms with Gasteiger partial charge in [-0.1, -0.05) is 11.6 Å². The van der Waals surface area contributed by atoms with Crippen LogP contribution in [0.25, 0.3) is 0 Å². The fraction of sp³-hybridized carbons (Fsp3) is 0.786. The molecular weight excluding hydrogens is 200 g/mol. The van der Waals surface area contributed by atoms with Gasteiger partial charge in [-0.3, -0.25) is 0 Å². The van der Waals surface area contributed by atoms with Gasteiger partial charge in [-0.25, -0.2) is 0 Å². The Labute approximate surface area is 98.1 Å². The second-order valence-corrected chi connectivity index (χ2v) is 5.14. The predicted octanol–water partition coefficient (Wildman–Crippen LogP) is 2.97. The zero-order chi connectivity index (χ0) is 11.4. The van der Waals surface area contributed by atoms with E-state index < -0.39 is 0 Å². The van der Waals surface area contributed by atoms with Crippen LogP contribution in [-0.2, 0) is 9.53 Å². The summed E-state index contributed by atoms with van der Waals surface area (Å²) in [5.41, 5.74) is 1.68. The van der Waals surface area contributed by atoms with E-state index in [0.717, 1.165) is 43.7 Å². The monoisotopic (exact) mass is 222 g/mol. The highest BCUT2D eigenvalue weighted by Gasteiger charge is 2.41. The minimum atomic E-state index is 0.638. The van der Waals surface area contributed by atoms with Crippen LogP contribution in [0.2, 0.25) is 0 Å². The van der Waals surface area contributed by atoms with Crippen molar-refractivity contribution in [2.24, 2.45) is 17.8 Å². The van der Waals surface area contributed by atoms with Gasteiger partial charge in [0, 0.05) is 19.6 Å². The van der Waals surface area contributed by atoms with Crippen LogP contribution in [0, 0.1) is 17.8 Å². The lowest BCUT2D eigenvalue weighted by Gasteiger charge is -2.23. The average molecular weight is 222 g/mol. The van der Waals surface area contributed by atoms with Crippen molar-refractivity contribution < 1.29 is 9.53 Å². The normalized spacial score (nSPS) is 34.8. The van der Waals surface area contributed by atoms with E-state index in [9.17, 15) is 4.79 Å². The molecule has 0 radical (unpaired) electrons. The Morgan fingerprint density at radius 2 is 2.31 bits per heavy atom. The molecule has 0 N–H and O–H groups in total. The van der Waals surface area contributed by atoms with E-state index in [0.29, 0.717) is 6.42 Å². The lowest BCUT2D eigenvalue weighted by molar-refractivity contribution is -0.108. The van der Waals surface area contributed by atoms with E-state index >= 15 is 0 Å². The summed E-state index contributed by atoms with van der Waals surface area (Å²) in [6, 6.07) is 0. The smallest absolute Gasteiger partial charge is 0.120 e. The summed E-state index contributed by atoms with van der Waals surface area (Å²) >= 11 is 0. The topological polar surface area (TPSA) is 26.3 Å². The molecule has 2 heteroatoms. The standard InChI is InChI=1S/C14H22O2/c1-2-11-7-13-8-12(11)9-14(13)10-16-6-4-3-5-15/h2,5,12-14H,3-4,6-10H2,1H3/b11-2+. The average Bonchev–Trinajstić information content (AvgIpc) is 2.87. The first-order valence-electron chi connectivity index (χ1n) is 6.51. The molecular formula is C14H22O2. The third-order valence-electron chi connectivity index (χ3n) is 4.18. The van der Waals surface area contributed by atoms with E-state index in [2.05, 4.69) is 13.0 Å². The van der Waals surface area contributed by atoms with Gasteiger partial charge in [0.2, 0.25) is 0 Å². The Morgan fingerprint density at radius 3 is 2.94 bits per heavy atom. The van der Waals surface area contributed by atoms with Gasteiger partial charge in [-0.2, -0.15) is 0 Å². The maximum Gasteiger partial charge on any atom is 0.120 e. The van der Waals surface area contributed by atoms with Crippen LogP contribution >= 0.6 is 0 Å². The van der Waals surface area contributed by atoms with Crippen molar-refractivity contribution in [2.75, 3.05) is 13.2 Å². The Bertz CT molecular complexity index is 270. The van der Waals surface area contributed by atoms with Gasteiger partial charge < -0.3 is 9.53 Å². The molecule has 0 aromatic carbocycles. The minimum absolute atomic E-state index is 0.638. The Kier molecular flexibility index (Phi) is 4.16. The second kappa shape index (κ2) is 5.62. The molecule has 0 aliphatic heterocycles. The van der Waals surface area contributed by atoms with E-state index in [-0.39, 0.29) is 0 Å². The first-order valence-corrected chi connectivity index (χ1v) is 6.51. The first-order chi connectivity index (χ1) is 7.85. The van der Waals surface area contributed by atoms with Crippen molar-refractivity contribution in [3.8, 4) is 0 Å². The molecule has 0 aromatic heterocycles. The van der Waals surface area contributed by atoms with E-state index in [4.69, 9.17) is 4.74 Å². The molecule has 0 spiro atoms. The van der Waals surface area contributed by atoms with Gasteiger partial charge in [-0.15, -0.1) is 0 Å². The van der Waals surface area contributed by atoms with Gasteiger partial charge >= 0.3 is 0 Å². The maximum absolute atomic E-state index is 10.1. The zero-order valence-electron chi connectivity index (χ0n) is 10.2. The number of fused-ring (bicyclic) bond motifs is 2. The molecule has 3 atom stereocenters. The number of ether oxygens (including phenoxy) is 1. The molecule has 2 nitrogen and oxygen atoms in total. The fourth-order valence-corrected chi connectivity index (χ4v) is 3.30. The Morgan fingerprint density at radius 1 is 1.44 bits per heavy atom. The SMILES string of the molecule is C/C=C1\CC2CC1CC2COCCCC=O. The molecule has 2 bridgehead atoms.